The molecule has 172 valence electrons. The number of halogens is 1. The Kier molecular flexibility index (Phi) is 7.47. The van der Waals surface area contributed by atoms with Crippen LogP contribution in [0.4, 0.5) is 5.82 Å². The Morgan fingerprint density at radius 2 is 2.00 bits per heavy atom. The summed E-state index contributed by atoms with van der Waals surface area (Å²) in [5.74, 6) is 1.14. The third-order valence-corrected chi connectivity index (χ3v) is 6.47. The standard InChI is InChI=1S/C18H19BrN6O4S.C2H6/c1-18(2,5-13(26)24-27)6-25-16-14(15(20)21-7-22-16)23-17(25)30-12-4-11-10(3-9(12)19)28-8-29-11;1-2/h3-4,7,27H,5-6,8H2,1-2H3,(H,24,26)(H2,20,21,22);1-2H3. The summed E-state index contributed by atoms with van der Waals surface area (Å²) < 4.78 is 13.6. The number of aromatic nitrogens is 4. The van der Waals surface area contributed by atoms with Crippen molar-refractivity contribution >= 4 is 50.6 Å². The van der Waals surface area contributed by atoms with Gasteiger partial charge in [0.1, 0.15) is 6.33 Å². The van der Waals surface area contributed by atoms with Crippen LogP contribution >= 0.6 is 27.7 Å². The Bertz CT molecular complexity index is 1140. The van der Waals surface area contributed by atoms with Gasteiger partial charge in [0.2, 0.25) is 12.7 Å². The summed E-state index contributed by atoms with van der Waals surface area (Å²) in [6.07, 6.45) is 1.50. The molecule has 0 unspecified atom stereocenters. The van der Waals surface area contributed by atoms with Crippen molar-refractivity contribution < 1.29 is 19.5 Å². The van der Waals surface area contributed by atoms with Gasteiger partial charge in [0.05, 0.1) is 0 Å². The maximum absolute atomic E-state index is 11.7. The highest BCUT2D eigenvalue weighted by molar-refractivity contribution is 9.10. The van der Waals surface area contributed by atoms with Gasteiger partial charge < -0.3 is 19.8 Å². The Balaban J connectivity index is 0.00000141. The molecule has 0 fully saturated rings. The predicted molar refractivity (Wildman–Crippen MR) is 124 cm³/mol. The molecule has 0 spiro atoms. The monoisotopic (exact) mass is 524 g/mol. The van der Waals surface area contributed by atoms with Crippen molar-refractivity contribution in [3.8, 4) is 11.5 Å². The van der Waals surface area contributed by atoms with E-state index >= 15 is 0 Å². The molecule has 2 aromatic heterocycles. The highest BCUT2D eigenvalue weighted by Crippen LogP contribution is 2.43. The summed E-state index contributed by atoms with van der Waals surface area (Å²) in [4.78, 5) is 25.6. The first-order valence-electron chi connectivity index (χ1n) is 9.94. The summed E-state index contributed by atoms with van der Waals surface area (Å²) >= 11 is 4.97. The number of hydroxylamine groups is 1. The van der Waals surface area contributed by atoms with Gasteiger partial charge in [0.25, 0.3) is 0 Å². The van der Waals surface area contributed by atoms with Crippen LogP contribution in [-0.2, 0) is 11.3 Å². The number of nitrogens with two attached hydrogens (primary N) is 1. The van der Waals surface area contributed by atoms with Gasteiger partial charge >= 0.3 is 0 Å². The van der Waals surface area contributed by atoms with Crippen molar-refractivity contribution in [1.29, 1.82) is 0 Å². The summed E-state index contributed by atoms with van der Waals surface area (Å²) in [5, 5.41) is 9.54. The summed E-state index contributed by atoms with van der Waals surface area (Å²) in [6, 6.07) is 3.72. The molecule has 3 heterocycles. The van der Waals surface area contributed by atoms with E-state index in [-0.39, 0.29) is 19.0 Å². The van der Waals surface area contributed by atoms with Gasteiger partial charge in [-0.25, -0.2) is 20.4 Å². The average Bonchev–Trinajstić information content (AvgIpc) is 3.34. The van der Waals surface area contributed by atoms with Crippen LogP contribution in [0.2, 0.25) is 0 Å². The number of amides is 1. The van der Waals surface area contributed by atoms with Gasteiger partial charge in [-0.3, -0.25) is 10.0 Å². The number of carbonyl (C=O) groups excluding carboxylic acids is 1. The fourth-order valence-electron chi connectivity index (χ4n) is 3.19. The maximum Gasteiger partial charge on any atom is 0.243 e. The van der Waals surface area contributed by atoms with Gasteiger partial charge in [-0.2, -0.15) is 0 Å². The first-order chi connectivity index (χ1) is 15.3. The zero-order valence-electron chi connectivity index (χ0n) is 18.2. The fraction of sp³-hybridized carbons (Fsp3) is 0.400. The van der Waals surface area contributed by atoms with Gasteiger partial charge in [-0.15, -0.1) is 0 Å². The fourth-order valence-corrected chi connectivity index (χ4v) is 4.67. The molecule has 0 bridgehead atoms. The van der Waals surface area contributed by atoms with Gasteiger partial charge in [0, 0.05) is 22.3 Å². The second kappa shape index (κ2) is 9.92. The molecule has 1 aliphatic rings. The molecule has 0 radical (unpaired) electrons. The molecule has 1 aromatic carbocycles. The number of nitrogens with one attached hydrogen (secondary N) is 1. The number of carbonyl (C=O) groups is 1. The van der Waals surface area contributed by atoms with Crippen molar-refractivity contribution in [2.75, 3.05) is 12.5 Å². The summed E-state index contributed by atoms with van der Waals surface area (Å²) in [5.41, 5.74) is 8.26. The number of ether oxygens (including phenoxy) is 2. The van der Waals surface area contributed by atoms with E-state index in [1.165, 1.54) is 18.1 Å². The topological polar surface area (TPSA) is 137 Å². The van der Waals surface area contributed by atoms with E-state index in [1.807, 2.05) is 44.4 Å². The van der Waals surface area contributed by atoms with Crippen molar-refractivity contribution in [3.63, 3.8) is 0 Å². The van der Waals surface area contributed by atoms with Crippen LogP contribution in [0.15, 0.2) is 33.0 Å². The van der Waals surface area contributed by atoms with Gasteiger partial charge in [-0.05, 0) is 33.5 Å². The predicted octanol–water partition coefficient (Wildman–Crippen LogP) is 4.00. The van der Waals surface area contributed by atoms with Crippen LogP contribution in [0.25, 0.3) is 11.2 Å². The lowest BCUT2D eigenvalue weighted by molar-refractivity contribution is -0.131. The number of imidazole rings is 1. The number of nitrogens with zero attached hydrogens (tertiary/aromatic N) is 4. The van der Waals surface area contributed by atoms with Crippen LogP contribution in [0.3, 0.4) is 0 Å². The largest absolute Gasteiger partial charge is 0.454 e. The third kappa shape index (κ3) is 5.08. The first kappa shape index (κ1) is 24.1. The summed E-state index contributed by atoms with van der Waals surface area (Å²) in [7, 11) is 0. The lowest BCUT2D eigenvalue weighted by Gasteiger charge is -2.25. The second-order valence-electron chi connectivity index (χ2n) is 7.53. The van der Waals surface area contributed by atoms with Crippen LogP contribution in [0.5, 0.6) is 11.5 Å². The number of hydrogen-bond acceptors (Lipinski definition) is 9. The molecule has 1 amide bonds. The molecule has 4 rings (SSSR count). The molecule has 12 heteroatoms. The zero-order valence-corrected chi connectivity index (χ0v) is 20.6. The smallest absolute Gasteiger partial charge is 0.243 e. The molecule has 32 heavy (non-hydrogen) atoms. The lowest BCUT2D eigenvalue weighted by atomic mass is 9.89. The van der Waals surface area contributed by atoms with E-state index in [9.17, 15) is 4.79 Å². The minimum absolute atomic E-state index is 0.113. The van der Waals surface area contributed by atoms with Crippen molar-refractivity contribution in [1.82, 2.24) is 25.0 Å². The van der Waals surface area contributed by atoms with E-state index in [2.05, 4.69) is 30.9 Å². The maximum atomic E-state index is 11.7. The highest BCUT2D eigenvalue weighted by atomic mass is 79.9. The van der Waals surface area contributed by atoms with Crippen LogP contribution in [0.1, 0.15) is 34.1 Å². The Labute approximate surface area is 198 Å². The highest BCUT2D eigenvalue weighted by Gasteiger charge is 2.27. The van der Waals surface area contributed by atoms with Crippen LogP contribution < -0.4 is 20.7 Å². The van der Waals surface area contributed by atoms with Crippen molar-refractivity contribution in [2.24, 2.45) is 5.41 Å². The molecule has 0 saturated heterocycles. The Hall–Kier alpha value is -2.57. The van der Waals surface area contributed by atoms with Crippen molar-refractivity contribution in [2.45, 2.75) is 50.7 Å². The van der Waals surface area contributed by atoms with E-state index in [0.717, 1.165) is 9.37 Å². The first-order valence-corrected chi connectivity index (χ1v) is 11.5. The number of hydrogen-bond donors (Lipinski definition) is 3. The van der Waals surface area contributed by atoms with E-state index in [4.69, 9.17) is 20.4 Å². The quantitative estimate of drug-likeness (QED) is 0.322. The number of anilines is 1. The molecular weight excluding hydrogens is 500 g/mol. The van der Waals surface area contributed by atoms with Crippen molar-refractivity contribution in [3.05, 3.63) is 22.9 Å². The number of rotatable bonds is 6. The minimum Gasteiger partial charge on any atom is -0.454 e. The molecule has 0 aliphatic carbocycles. The number of nitrogen functional groups attached to an aromatic ring is 1. The SMILES string of the molecule is CC.CC(C)(CC(=O)NO)Cn1c(Sc2cc3c(cc2Br)OCO3)nc2c(N)ncnc21. The molecular formula is C20H25BrN6O4S. The van der Waals surface area contributed by atoms with E-state index in [0.29, 0.717) is 34.4 Å². The van der Waals surface area contributed by atoms with E-state index < -0.39 is 11.3 Å². The summed E-state index contributed by atoms with van der Waals surface area (Å²) in [6.45, 7) is 8.44. The Morgan fingerprint density at radius 3 is 2.69 bits per heavy atom. The number of fused-ring (bicyclic) bond motifs is 2. The van der Waals surface area contributed by atoms with Crippen LogP contribution in [0, 0.1) is 5.41 Å². The molecule has 1 aliphatic heterocycles. The minimum atomic E-state index is -0.498. The normalized spacial score (nSPS) is 12.4. The van der Waals surface area contributed by atoms with E-state index in [1.54, 1.807) is 5.48 Å². The van der Waals surface area contributed by atoms with Crippen LogP contribution in [-0.4, -0.2) is 37.4 Å². The van der Waals surface area contributed by atoms with Gasteiger partial charge in [0.15, 0.2) is 33.6 Å². The number of benzene rings is 1. The average molecular weight is 525 g/mol. The molecule has 10 nitrogen and oxygen atoms in total. The molecule has 0 saturated carbocycles. The van der Waals surface area contributed by atoms with Gasteiger partial charge in [-0.1, -0.05) is 39.5 Å². The zero-order chi connectivity index (χ0) is 23.5. The molecule has 4 N–H and O–H groups in total. The molecule has 3 aromatic rings. The Morgan fingerprint density at radius 1 is 1.31 bits per heavy atom. The molecule has 0 atom stereocenters. The third-order valence-electron chi connectivity index (χ3n) is 4.50. The lowest BCUT2D eigenvalue weighted by Crippen LogP contribution is -2.29. The second-order valence-corrected chi connectivity index (χ2v) is 9.39.